The van der Waals surface area contributed by atoms with Crippen molar-refractivity contribution in [3.63, 3.8) is 0 Å². The predicted octanol–water partition coefficient (Wildman–Crippen LogP) is 14.0. The average Bonchev–Trinajstić information content (AvgIpc) is 3.86. The first-order valence-electron chi connectivity index (χ1n) is 19.5. The number of benzene rings is 7. The van der Waals surface area contributed by atoms with Gasteiger partial charge in [0.05, 0.1) is 33.6 Å². The molecule has 0 spiro atoms. The van der Waals surface area contributed by atoms with Crippen molar-refractivity contribution in [1.82, 2.24) is 13.7 Å². The summed E-state index contributed by atoms with van der Waals surface area (Å²) in [6.07, 6.45) is 9.99. The van der Waals surface area contributed by atoms with Crippen molar-refractivity contribution < 1.29 is 0 Å². The molecule has 3 nitrogen and oxygen atoms in total. The lowest BCUT2D eigenvalue weighted by Gasteiger charge is -2.19. The normalized spacial score (nSPS) is 14.8. The van der Waals surface area contributed by atoms with Gasteiger partial charge in [-0.25, -0.2) is 0 Å². The van der Waals surface area contributed by atoms with Gasteiger partial charge in [0.1, 0.15) is 0 Å². The van der Waals surface area contributed by atoms with Crippen molar-refractivity contribution in [2.24, 2.45) is 0 Å². The van der Waals surface area contributed by atoms with Crippen LogP contribution in [0.1, 0.15) is 38.8 Å². The van der Waals surface area contributed by atoms with Gasteiger partial charge in [0.2, 0.25) is 0 Å². The third-order valence-corrected chi connectivity index (χ3v) is 11.9. The molecule has 1 atom stereocenters. The maximum Gasteiger partial charge on any atom is 0.0598 e. The van der Waals surface area contributed by atoms with E-state index in [1.165, 1.54) is 82.1 Å². The van der Waals surface area contributed by atoms with Crippen LogP contribution in [0.25, 0.3) is 87.9 Å². The molecule has 0 aliphatic heterocycles. The van der Waals surface area contributed by atoms with Gasteiger partial charge in [-0.05, 0) is 83.1 Å². The molecule has 1 unspecified atom stereocenters. The Morgan fingerprint density at radius 2 is 1.11 bits per heavy atom. The summed E-state index contributed by atoms with van der Waals surface area (Å²) in [6.45, 7) is 6.80. The maximum atomic E-state index is 2.59. The molecule has 10 aromatic rings. The van der Waals surface area contributed by atoms with Crippen LogP contribution in [0.4, 0.5) is 0 Å². The highest BCUT2D eigenvalue weighted by atomic mass is 15.0. The Labute approximate surface area is 320 Å². The zero-order chi connectivity index (χ0) is 36.8. The highest BCUT2D eigenvalue weighted by Crippen LogP contribution is 2.44. The Hall–Kier alpha value is -6.58. The van der Waals surface area contributed by atoms with Crippen LogP contribution < -0.4 is 0 Å². The van der Waals surface area contributed by atoms with Gasteiger partial charge in [0.25, 0.3) is 0 Å². The van der Waals surface area contributed by atoms with Crippen LogP contribution in [-0.2, 0) is 5.41 Å². The van der Waals surface area contributed by atoms with E-state index in [-0.39, 0.29) is 11.5 Å². The van der Waals surface area contributed by atoms with Gasteiger partial charge in [0.15, 0.2) is 0 Å². The summed E-state index contributed by atoms with van der Waals surface area (Å²) in [7, 11) is 0. The Morgan fingerprint density at radius 1 is 0.473 bits per heavy atom. The molecule has 0 bridgehead atoms. The Kier molecular flexibility index (Phi) is 6.94. The highest BCUT2D eigenvalue weighted by Gasteiger charge is 2.23. The summed E-state index contributed by atoms with van der Waals surface area (Å²) in [5, 5.41) is 7.69. The third kappa shape index (κ3) is 4.82. The molecule has 11 rings (SSSR count). The Morgan fingerprint density at radius 3 is 1.85 bits per heavy atom. The molecule has 0 saturated carbocycles. The van der Waals surface area contributed by atoms with E-state index in [2.05, 4.69) is 210 Å². The highest BCUT2D eigenvalue weighted by molar-refractivity contribution is 6.26. The number of nitrogens with zero attached hydrogens (tertiary/aromatic N) is 3. The molecular weight excluding hydrogens is 667 g/mol. The Balaban J connectivity index is 1.13. The molecule has 0 amide bonds. The Bertz CT molecular complexity index is 3210. The SMILES string of the molecule is CC(C)(C)c1ccc(-c2cccc(-n3c4ccccc4c4cc(-n5c6ccccc6c6c5ccc5c7ccccc7n(C7C=CC=CC7)c56)ccc43)c2)cc1. The molecule has 0 fully saturated rings. The molecule has 0 saturated heterocycles. The van der Waals surface area contributed by atoms with Gasteiger partial charge in [-0.1, -0.05) is 142 Å². The average molecular weight is 708 g/mol. The van der Waals surface area contributed by atoms with E-state index < -0.39 is 0 Å². The van der Waals surface area contributed by atoms with Gasteiger partial charge in [-0.15, -0.1) is 0 Å². The van der Waals surface area contributed by atoms with Crippen molar-refractivity contribution in [1.29, 1.82) is 0 Å². The van der Waals surface area contributed by atoms with Crippen molar-refractivity contribution >= 4 is 65.4 Å². The van der Waals surface area contributed by atoms with Crippen molar-refractivity contribution in [3.05, 3.63) is 182 Å². The monoisotopic (exact) mass is 707 g/mol. The molecule has 3 heteroatoms. The van der Waals surface area contributed by atoms with Gasteiger partial charge in [-0.3, -0.25) is 0 Å². The quantitative estimate of drug-likeness (QED) is 0.173. The zero-order valence-electron chi connectivity index (χ0n) is 31.4. The molecule has 7 aromatic carbocycles. The van der Waals surface area contributed by atoms with E-state index >= 15 is 0 Å². The lowest BCUT2D eigenvalue weighted by atomic mass is 9.86. The lowest BCUT2D eigenvalue weighted by Crippen LogP contribution is -2.10. The molecule has 55 heavy (non-hydrogen) atoms. The molecule has 3 aromatic heterocycles. The molecule has 1 aliphatic rings. The lowest BCUT2D eigenvalue weighted by molar-refractivity contribution is 0.590. The second-order valence-corrected chi connectivity index (χ2v) is 16.1. The van der Waals surface area contributed by atoms with Crippen LogP contribution >= 0.6 is 0 Å². The summed E-state index contributed by atoms with van der Waals surface area (Å²) < 4.78 is 7.51. The maximum absolute atomic E-state index is 2.59. The number of hydrogen-bond donors (Lipinski definition) is 0. The number of para-hydroxylation sites is 3. The summed E-state index contributed by atoms with van der Waals surface area (Å²) in [6, 6.07) is 56.7. The topological polar surface area (TPSA) is 14.8 Å². The molecule has 264 valence electrons. The number of hydrogen-bond acceptors (Lipinski definition) is 0. The molecule has 3 heterocycles. The van der Waals surface area contributed by atoms with E-state index in [4.69, 9.17) is 0 Å². The smallest absolute Gasteiger partial charge is 0.0598 e. The molecule has 0 radical (unpaired) electrons. The van der Waals surface area contributed by atoms with Gasteiger partial charge in [-0.2, -0.15) is 0 Å². The predicted molar refractivity (Wildman–Crippen MR) is 234 cm³/mol. The van der Waals surface area contributed by atoms with E-state index in [1.54, 1.807) is 0 Å². The summed E-state index contributed by atoms with van der Waals surface area (Å²) in [4.78, 5) is 0. The van der Waals surface area contributed by atoms with Gasteiger partial charge in [0, 0.05) is 49.2 Å². The van der Waals surface area contributed by atoms with Crippen LogP contribution in [0.3, 0.4) is 0 Å². The number of fused-ring (bicyclic) bond motifs is 10. The van der Waals surface area contributed by atoms with Gasteiger partial charge < -0.3 is 13.7 Å². The fraction of sp³-hybridized carbons (Fsp3) is 0.115. The second-order valence-electron chi connectivity index (χ2n) is 16.1. The fourth-order valence-electron chi connectivity index (χ4n) is 9.29. The molecular formula is C52H41N3. The van der Waals surface area contributed by atoms with Crippen molar-refractivity contribution in [2.75, 3.05) is 0 Å². The van der Waals surface area contributed by atoms with E-state index in [1.807, 2.05) is 0 Å². The van der Waals surface area contributed by atoms with Crippen LogP contribution in [-0.4, -0.2) is 13.7 Å². The number of aromatic nitrogens is 3. The standard InChI is InChI=1S/C52H41N3/c1-52(2,3)36-26-24-34(25-27-36)35-14-13-17-38(32-35)53-45-21-10-8-19-41(45)44-33-39(28-30-48(44)53)54-47-23-12-9-20-43(47)50-49(54)31-29-42-40-18-7-11-22-46(40)55(51(42)50)37-15-5-4-6-16-37/h4-15,17-33,37H,16H2,1-3H3. The van der Waals surface area contributed by atoms with E-state index in [0.717, 1.165) is 17.8 Å². The minimum Gasteiger partial charge on any atom is -0.333 e. The largest absolute Gasteiger partial charge is 0.333 e. The second kappa shape index (κ2) is 12.0. The summed E-state index contributed by atoms with van der Waals surface area (Å²) >= 11 is 0. The first-order chi connectivity index (χ1) is 26.9. The van der Waals surface area contributed by atoms with Crippen LogP contribution in [0.2, 0.25) is 0 Å². The third-order valence-electron chi connectivity index (χ3n) is 11.9. The summed E-state index contributed by atoms with van der Waals surface area (Å²) in [5.41, 5.74) is 13.7. The van der Waals surface area contributed by atoms with Crippen molar-refractivity contribution in [3.8, 4) is 22.5 Å². The van der Waals surface area contributed by atoms with Crippen molar-refractivity contribution in [2.45, 2.75) is 38.6 Å². The van der Waals surface area contributed by atoms with E-state index in [0.29, 0.717) is 0 Å². The minimum atomic E-state index is 0.123. The number of rotatable bonds is 4. The van der Waals surface area contributed by atoms with Gasteiger partial charge >= 0.3 is 0 Å². The minimum absolute atomic E-state index is 0.123. The van der Waals surface area contributed by atoms with E-state index in [9.17, 15) is 0 Å². The number of allylic oxidation sites excluding steroid dienone is 4. The zero-order valence-corrected chi connectivity index (χ0v) is 31.4. The van der Waals surface area contributed by atoms with Crippen LogP contribution in [0.5, 0.6) is 0 Å². The fourth-order valence-corrected chi connectivity index (χ4v) is 9.29. The van der Waals surface area contributed by atoms with Crippen LogP contribution in [0, 0.1) is 0 Å². The molecule has 0 N–H and O–H groups in total. The first-order valence-corrected chi connectivity index (χ1v) is 19.5. The molecule has 1 aliphatic carbocycles. The first kappa shape index (κ1) is 31.9. The summed E-state index contributed by atoms with van der Waals surface area (Å²) in [5.74, 6) is 0. The van der Waals surface area contributed by atoms with Crippen LogP contribution in [0.15, 0.2) is 176 Å².